The van der Waals surface area contributed by atoms with Crippen molar-refractivity contribution in [2.45, 2.75) is 58.5 Å². The lowest BCUT2D eigenvalue weighted by Gasteiger charge is -2.31. The summed E-state index contributed by atoms with van der Waals surface area (Å²) in [6.45, 7) is 6.84. The Labute approximate surface area is 86.7 Å². The zero-order valence-electron chi connectivity index (χ0n) is 9.55. The number of hydrogen-bond donors (Lipinski definition) is 0. The van der Waals surface area contributed by atoms with Crippen molar-refractivity contribution in [1.82, 2.24) is 4.90 Å². The lowest BCUT2D eigenvalue weighted by Crippen LogP contribution is -2.40. The number of nitrogens with zero attached hydrogens (tertiary/aromatic N) is 1. The summed E-state index contributed by atoms with van der Waals surface area (Å²) in [6, 6.07) is 1.58. The van der Waals surface area contributed by atoms with E-state index >= 15 is 0 Å². The van der Waals surface area contributed by atoms with Crippen LogP contribution < -0.4 is 0 Å². The van der Waals surface area contributed by atoms with Gasteiger partial charge in [-0.1, -0.05) is 13.8 Å². The van der Waals surface area contributed by atoms with Crippen molar-refractivity contribution in [3.63, 3.8) is 0 Å². The molecule has 2 aliphatic heterocycles. The topological polar surface area (TPSA) is 20.3 Å². The summed E-state index contributed by atoms with van der Waals surface area (Å²) in [5.41, 5.74) is -0.148. The SMILES string of the molecule is CC(=O)C(C)(C)CN1C2CCC1CC2. The monoisotopic (exact) mass is 195 g/mol. The van der Waals surface area contributed by atoms with Gasteiger partial charge in [0.1, 0.15) is 5.78 Å². The lowest BCUT2D eigenvalue weighted by molar-refractivity contribution is -0.126. The van der Waals surface area contributed by atoms with Crippen LogP contribution in [0.15, 0.2) is 0 Å². The minimum Gasteiger partial charge on any atom is -0.299 e. The van der Waals surface area contributed by atoms with E-state index in [0.717, 1.165) is 18.6 Å². The Morgan fingerprint density at radius 2 is 1.64 bits per heavy atom. The third-order valence-corrected chi connectivity index (χ3v) is 4.14. The average Bonchev–Trinajstić information content (AvgIpc) is 2.64. The predicted octanol–water partition coefficient (Wildman–Crippen LogP) is 2.23. The highest BCUT2D eigenvalue weighted by Gasteiger charge is 2.42. The number of carbonyl (C=O) groups excluding carboxylic acids is 1. The molecular weight excluding hydrogens is 174 g/mol. The highest BCUT2D eigenvalue weighted by atomic mass is 16.1. The van der Waals surface area contributed by atoms with E-state index in [1.165, 1.54) is 25.7 Å². The summed E-state index contributed by atoms with van der Waals surface area (Å²) in [5, 5.41) is 0. The van der Waals surface area contributed by atoms with Gasteiger partial charge in [-0.05, 0) is 32.6 Å². The summed E-state index contributed by atoms with van der Waals surface area (Å²) in [5.74, 6) is 0.323. The number of ketones is 1. The molecule has 0 amide bonds. The van der Waals surface area contributed by atoms with Crippen molar-refractivity contribution in [1.29, 1.82) is 0 Å². The van der Waals surface area contributed by atoms with Crippen LogP contribution in [0.4, 0.5) is 0 Å². The molecule has 0 spiro atoms. The number of fused-ring (bicyclic) bond motifs is 2. The molecule has 2 heterocycles. The van der Waals surface area contributed by atoms with Crippen LogP contribution in [-0.2, 0) is 4.79 Å². The van der Waals surface area contributed by atoms with Crippen LogP contribution >= 0.6 is 0 Å². The van der Waals surface area contributed by atoms with Crippen LogP contribution in [0.3, 0.4) is 0 Å². The first-order valence-corrected chi connectivity index (χ1v) is 5.77. The summed E-state index contributed by atoms with van der Waals surface area (Å²) in [4.78, 5) is 14.0. The molecule has 0 radical (unpaired) electrons. The standard InChI is InChI=1S/C12H21NO/c1-9(14)12(2,3)8-13-10-4-5-11(13)7-6-10/h10-11H,4-8H2,1-3H3. The molecule has 14 heavy (non-hydrogen) atoms. The maximum absolute atomic E-state index is 11.5. The molecule has 0 aromatic rings. The van der Waals surface area contributed by atoms with Crippen LogP contribution in [-0.4, -0.2) is 29.3 Å². The van der Waals surface area contributed by atoms with Crippen molar-refractivity contribution in [2.75, 3.05) is 6.54 Å². The fourth-order valence-electron chi connectivity index (χ4n) is 2.85. The van der Waals surface area contributed by atoms with E-state index in [2.05, 4.69) is 18.7 Å². The molecular formula is C12H21NO. The molecule has 0 N–H and O–H groups in total. The highest BCUT2D eigenvalue weighted by Crippen LogP contribution is 2.39. The second kappa shape index (κ2) is 3.34. The third-order valence-electron chi connectivity index (χ3n) is 4.14. The van der Waals surface area contributed by atoms with Crippen molar-refractivity contribution in [3.8, 4) is 0 Å². The molecule has 2 aliphatic rings. The van der Waals surface area contributed by atoms with Gasteiger partial charge in [-0.2, -0.15) is 0 Å². The van der Waals surface area contributed by atoms with Gasteiger partial charge in [0, 0.05) is 24.0 Å². The van der Waals surface area contributed by atoms with E-state index in [9.17, 15) is 4.79 Å². The quantitative estimate of drug-likeness (QED) is 0.688. The molecule has 2 rings (SSSR count). The minimum atomic E-state index is -0.148. The molecule has 0 aliphatic carbocycles. The van der Waals surface area contributed by atoms with Gasteiger partial charge in [0.05, 0.1) is 0 Å². The highest BCUT2D eigenvalue weighted by molar-refractivity contribution is 5.81. The van der Waals surface area contributed by atoms with Crippen molar-refractivity contribution >= 4 is 5.78 Å². The number of rotatable bonds is 3. The zero-order chi connectivity index (χ0) is 10.3. The normalized spacial score (nSPS) is 32.5. The molecule has 2 heteroatoms. The van der Waals surface area contributed by atoms with Gasteiger partial charge in [-0.3, -0.25) is 9.69 Å². The van der Waals surface area contributed by atoms with Gasteiger partial charge in [-0.15, -0.1) is 0 Å². The van der Waals surface area contributed by atoms with Gasteiger partial charge in [0.25, 0.3) is 0 Å². The first-order valence-electron chi connectivity index (χ1n) is 5.77. The van der Waals surface area contributed by atoms with Crippen LogP contribution in [0.2, 0.25) is 0 Å². The minimum absolute atomic E-state index is 0.148. The fraction of sp³-hybridized carbons (Fsp3) is 0.917. The summed E-state index contributed by atoms with van der Waals surface area (Å²) in [7, 11) is 0. The maximum atomic E-state index is 11.5. The second-order valence-electron chi connectivity index (χ2n) is 5.57. The van der Waals surface area contributed by atoms with Gasteiger partial charge in [-0.25, -0.2) is 0 Å². The van der Waals surface area contributed by atoms with Crippen LogP contribution in [0, 0.1) is 5.41 Å². The molecule has 0 saturated carbocycles. The van der Waals surface area contributed by atoms with Crippen molar-refractivity contribution in [2.24, 2.45) is 5.41 Å². The van der Waals surface area contributed by atoms with Crippen molar-refractivity contribution < 1.29 is 4.79 Å². The summed E-state index contributed by atoms with van der Waals surface area (Å²) in [6.07, 6.45) is 5.44. The Balaban J connectivity index is 2.01. The van der Waals surface area contributed by atoms with Crippen LogP contribution in [0.1, 0.15) is 46.5 Å². The van der Waals surface area contributed by atoms with Gasteiger partial charge in [0.2, 0.25) is 0 Å². The van der Waals surface area contributed by atoms with E-state index in [4.69, 9.17) is 0 Å². The van der Waals surface area contributed by atoms with Crippen LogP contribution in [0.5, 0.6) is 0 Å². The summed E-state index contributed by atoms with van der Waals surface area (Å²) >= 11 is 0. The first kappa shape index (κ1) is 10.2. The Morgan fingerprint density at radius 1 is 1.21 bits per heavy atom. The average molecular weight is 195 g/mol. The molecule has 2 nitrogen and oxygen atoms in total. The molecule has 0 unspecified atom stereocenters. The number of hydrogen-bond acceptors (Lipinski definition) is 2. The fourth-order valence-corrected chi connectivity index (χ4v) is 2.85. The largest absolute Gasteiger partial charge is 0.299 e. The Bertz CT molecular complexity index is 227. The van der Waals surface area contributed by atoms with Gasteiger partial charge >= 0.3 is 0 Å². The van der Waals surface area contributed by atoms with E-state index < -0.39 is 0 Å². The Hall–Kier alpha value is -0.370. The number of carbonyl (C=O) groups is 1. The number of Topliss-reactive ketones (excluding diaryl/α,β-unsaturated/α-hetero) is 1. The summed E-state index contributed by atoms with van der Waals surface area (Å²) < 4.78 is 0. The van der Waals surface area contributed by atoms with E-state index in [0.29, 0.717) is 5.78 Å². The molecule has 0 aromatic heterocycles. The van der Waals surface area contributed by atoms with Gasteiger partial charge in [0.15, 0.2) is 0 Å². The predicted molar refractivity (Wildman–Crippen MR) is 57.2 cm³/mol. The Morgan fingerprint density at radius 3 is 2.00 bits per heavy atom. The van der Waals surface area contributed by atoms with Gasteiger partial charge < -0.3 is 0 Å². The molecule has 0 atom stereocenters. The maximum Gasteiger partial charge on any atom is 0.136 e. The zero-order valence-corrected chi connectivity index (χ0v) is 9.55. The molecule has 0 aromatic carbocycles. The van der Waals surface area contributed by atoms with E-state index in [1.807, 2.05) is 0 Å². The van der Waals surface area contributed by atoms with E-state index in [-0.39, 0.29) is 5.41 Å². The molecule has 2 fully saturated rings. The van der Waals surface area contributed by atoms with Crippen LogP contribution in [0.25, 0.3) is 0 Å². The molecule has 2 bridgehead atoms. The molecule has 80 valence electrons. The van der Waals surface area contributed by atoms with E-state index in [1.54, 1.807) is 6.92 Å². The Kier molecular flexibility index (Phi) is 2.42. The molecule has 2 saturated heterocycles. The second-order valence-corrected chi connectivity index (χ2v) is 5.57. The van der Waals surface area contributed by atoms with Crippen molar-refractivity contribution in [3.05, 3.63) is 0 Å². The third kappa shape index (κ3) is 1.60. The first-order chi connectivity index (χ1) is 6.50. The lowest BCUT2D eigenvalue weighted by atomic mass is 9.88. The smallest absolute Gasteiger partial charge is 0.136 e.